The topological polar surface area (TPSA) is 144 Å². The van der Waals surface area contributed by atoms with E-state index in [9.17, 15) is 14.7 Å². The van der Waals surface area contributed by atoms with E-state index in [1.54, 1.807) is 0 Å². The van der Waals surface area contributed by atoms with E-state index in [0.717, 1.165) is 4.90 Å². The average molecular weight is 282 g/mol. The molecule has 0 radical (unpaired) electrons. The van der Waals surface area contributed by atoms with Crippen molar-refractivity contribution in [2.45, 2.75) is 18.2 Å². The lowest BCUT2D eigenvalue weighted by Gasteiger charge is -2.31. The van der Waals surface area contributed by atoms with Gasteiger partial charge in [0.25, 0.3) is 0 Å². The molecule has 0 aliphatic heterocycles. The van der Waals surface area contributed by atoms with Crippen LogP contribution in [0.1, 0.15) is 0 Å². The van der Waals surface area contributed by atoms with Crippen molar-refractivity contribution in [3.05, 3.63) is 0 Å². The van der Waals surface area contributed by atoms with Crippen molar-refractivity contribution in [1.82, 2.24) is 4.90 Å². The number of amides is 1. The summed E-state index contributed by atoms with van der Waals surface area (Å²) in [6.07, 6.45) is -1.31. The molecule has 0 bridgehead atoms. The van der Waals surface area contributed by atoms with E-state index in [2.05, 4.69) is 12.6 Å². The van der Waals surface area contributed by atoms with Gasteiger partial charge in [0.15, 0.2) is 6.04 Å². The molecule has 0 aliphatic rings. The van der Waals surface area contributed by atoms with Crippen molar-refractivity contribution in [2.75, 3.05) is 25.5 Å². The minimum atomic E-state index is -1.52. The molecule has 106 valence electrons. The van der Waals surface area contributed by atoms with Crippen LogP contribution in [0.5, 0.6) is 0 Å². The molecule has 3 atom stereocenters. The Morgan fingerprint density at radius 2 is 1.83 bits per heavy atom. The van der Waals surface area contributed by atoms with Crippen molar-refractivity contribution in [2.24, 2.45) is 5.73 Å². The van der Waals surface area contributed by atoms with Crippen LogP contribution in [-0.2, 0) is 9.59 Å². The van der Waals surface area contributed by atoms with E-state index in [4.69, 9.17) is 21.1 Å². The lowest BCUT2D eigenvalue weighted by atomic mass is 10.2. The average Bonchev–Trinajstić information content (AvgIpc) is 2.35. The molecule has 0 aromatic carbocycles. The monoisotopic (exact) mass is 282 g/mol. The molecule has 0 aromatic rings. The number of aliphatic hydroxyl groups is 3. The SMILES string of the molecule is N[C@@H](CS)C(=O)N(CC(O)CO)[C@@H](CO)C(=O)O. The van der Waals surface area contributed by atoms with Gasteiger partial charge in [-0.1, -0.05) is 0 Å². The fourth-order valence-electron chi connectivity index (χ4n) is 1.26. The third-order valence-electron chi connectivity index (χ3n) is 2.25. The predicted octanol–water partition coefficient (Wildman–Crippen LogP) is -3.13. The molecule has 18 heavy (non-hydrogen) atoms. The van der Waals surface area contributed by atoms with E-state index >= 15 is 0 Å². The van der Waals surface area contributed by atoms with Crippen LogP contribution in [0.3, 0.4) is 0 Å². The molecule has 8 nitrogen and oxygen atoms in total. The number of nitrogens with zero attached hydrogens (tertiary/aromatic N) is 1. The van der Waals surface area contributed by atoms with Gasteiger partial charge in [0.05, 0.1) is 25.4 Å². The molecule has 9 heteroatoms. The van der Waals surface area contributed by atoms with Crippen LogP contribution in [0.2, 0.25) is 0 Å². The van der Waals surface area contributed by atoms with Crippen molar-refractivity contribution >= 4 is 24.5 Å². The van der Waals surface area contributed by atoms with E-state index in [-0.39, 0.29) is 5.75 Å². The molecular formula is C9H18N2O6S. The highest BCUT2D eigenvalue weighted by Crippen LogP contribution is 2.05. The zero-order valence-electron chi connectivity index (χ0n) is 9.64. The molecule has 1 amide bonds. The van der Waals surface area contributed by atoms with Crippen LogP contribution in [0.25, 0.3) is 0 Å². The zero-order chi connectivity index (χ0) is 14.3. The third-order valence-corrected chi connectivity index (χ3v) is 2.64. The van der Waals surface area contributed by atoms with Gasteiger partial charge in [0, 0.05) is 12.3 Å². The van der Waals surface area contributed by atoms with Gasteiger partial charge in [0.1, 0.15) is 0 Å². The summed E-state index contributed by atoms with van der Waals surface area (Å²) in [5, 5.41) is 35.8. The van der Waals surface area contributed by atoms with Crippen LogP contribution >= 0.6 is 12.6 Å². The largest absolute Gasteiger partial charge is 0.480 e. The summed E-state index contributed by atoms with van der Waals surface area (Å²) in [6, 6.07) is -2.57. The number of thiol groups is 1. The van der Waals surface area contributed by atoms with Crippen molar-refractivity contribution in [1.29, 1.82) is 0 Å². The summed E-state index contributed by atoms with van der Waals surface area (Å²) in [5.41, 5.74) is 5.44. The lowest BCUT2D eigenvalue weighted by molar-refractivity contribution is -0.154. The molecular weight excluding hydrogens is 264 g/mol. The second-order valence-corrected chi connectivity index (χ2v) is 4.02. The molecule has 0 aliphatic carbocycles. The number of carbonyl (C=O) groups excluding carboxylic acids is 1. The highest BCUT2D eigenvalue weighted by molar-refractivity contribution is 7.80. The van der Waals surface area contributed by atoms with Crippen LogP contribution in [0.4, 0.5) is 0 Å². The van der Waals surface area contributed by atoms with E-state index in [1.165, 1.54) is 0 Å². The summed E-state index contributed by atoms with van der Waals surface area (Å²) in [7, 11) is 0. The normalized spacial score (nSPS) is 15.8. The smallest absolute Gasteiger partial charge is 0.328 e. The Hall–Kier alpha value is -0.870. The molecule has 0 heterocycles. The standard InChI is InChI=1S/C9H18N2O6S/c10-6(4-18)8(15)11(1-5(14)2-12)7(3-13)9(16)17/h5-7,12-14,18H,1-4,10H2,(H,16,17)/t5?,6-,7-/m0/s1. The van der Waals surface area contributed by atoms with E-state index in [0.29, 0.717) is 0 Å². The Balaban J connectivity index is 5.02. The highest BCUT2D eigenvalue weighted by Gasteiger charge is 2.32. The minimum Gasteiger partial charge on any atom is -0.480 e. The summed E-state index contributed by atoms with van der Waals surface area (Å²) < 4.78 is 0. The molecule has 0 rings (SSSR count). The predicted molar refractivity (Wildman–Crippen MR) is 65.1 cm³/mol. The molecule has 1 unspecified atom stereocenters. The Bertz CT molecular complexity index is 290. The second-order valence-electron chi connectivity index (χ2n) is 3.65. The Morgan fingerprint density at radius 3 is 2.17 bits per heavy atom. The third kappa shape index (κ3) is 4.78. The van der Waals surface area contributed by atoms with Crippen LogP contribution in [-0.4, -0.2) is 80.9 Å². The molecule has 0 fully saturated rings. The zero-order valence-corrected chi connectivity index (χ0v) is 10.5. The van der Waals surface area contributed by atoms with Gasteiger partial charge < -0.3 is 31.1 Å². The highest BCUT2D eigenvalue weighted by atomic mass is 32.1. The summed E-state index contributed by atoms with van der Waals surface area (Å²) in [6.45, 7) is -1.90. The first-order valence-corrected chi connectivity index (χ1v) is 5.81. The maximum Gasteiger partial charge on any atom is 0.328 e. The quantitative estimate of drug-likeness (QED) is 0.258. The molecule has 0 spiro atoms. The van der Waals surface area contributed by atoms with Crippen molar-refractivity contribution < 1.29 is 30.0 Å². The Morgan fingerprint density at radius 1 is 1.28 bits per heavy atom. The minimum absolute atomic E-state index is 0.0116. The number of carboxylic acid groups (broad SMARTS) is 1. The Kier molecular flexibility index (Phi) is 7.87. The molecule has 6 N–H and O–H groups in total. The number of carboxylic acids is 1. The van der Waals surface area contributed by atoms with Crippen molar-refractivity contribution in [3.8, 4) is 0 Å². The lowest BCUT2D eigenvalue weighted by Crippen LogP contribution is -2.56. The van der Waals surface area contributed by atoms with Crippen molar-refractivity contribution in [3.63, 3.8) is 0 Å². The number of hydrogen-bond acceptors (Lipinski definition) is 7. The van der Waals surface area contributed by atoms with E-state index in [1.807, 2.05) is 0 Å². The molecule has 0 aromatic heterocycles. The maximum atomic E-state index is 11.8. The van der Waals surface area contributed by atoms with Gasteiger partial charge in [0.2, 0.25) is 5.91 Å². The first kappa shape index (κ1) is 17.1. The Labute approximate surface area is 109 Å². The first-order valence-electron chi connectivity index (χ1n) is 5.18. The van der Waals surface area contributed by atoms with Gasteiger partial charge in [-0.15, -0.1) is 0 Å². The molecule has 0 saturated heterocycles. The maximum absolute atomic E-state index is 11.8. The summed E-state index contributed by atoms with van der Waals surface area (Å²) in [5.74, 6) is -2.20. The van der Waals surface area contributed by atoms with Gasteiger partial charge in [-0.25, -0.2) is 4.79 Å². The number of carbonyl (C=O) groups is 2. The van der Waals surface area contributed by atoms with Crippen LogP contribution in [0.15, 0.2) is 0 Å². The molecule has 0 saturated carbocycles. The number of aliphatic hydroxyl groups excluding tert-OH is 3. The van der Waals surface area contributed by atoms with Crippen LogP contribution < -0.4 is 5.73 Å². The number of nitrogens with two attached hydrogens (primary N) is 1. The first-order chi connectivity index (χ1) is 8.38. The summed E-state index contributed by atoms with van der Waals surface area (Å²) >= 11 is 3.82. The van der Waals surface area contributed by atoms with Gasteiger partial charge in [-0.3, -0.25) is 4.79 Å². The fourth-order valence-corrected chi connectivity index (χ4v) is 1.41. The number of aliphatic carboxylic acids is 1. The second kappa shape index (κ2) is 8.27. The number of rotatable bonds is 8. The number of hydrogen-bond donors (Lipinski definition) is 6. The van der Waals surface area contributed by atoms with Crippen LogP contribution in [0, 0.1) is 0 Å². The summed E-state index contributed by atoms with van der Waals surface area (Å²) in [4.78, 5) is 23.4. The van der Waals surface area contributed by atoms with Gasteiger partial charge in [-0.2, -0.15) is 12.6 Å². The van der Waals surface area contributed by atoms with E-state index < -0.39 is 49.8 Å². The fraction of sp³-hybridized carbons (Fsp3) is 0.778. The van der Waals surface area contributed by atoms with Gasteiger partial charge >= 0.3 is 5.97 Å². The van der Waals surface area contributed by atoms with Gasteiger partial charge in [-0.05, 0) is 0 Å².